The molecule has 0 saturated carbocycles. The lowest BCUT2D eigenvalue weighted by molar-refractivity contribution is -0.427. The van der Waals surface area contributed by atoms with E-state index in [-0.39, 0.29) is 24.3 Å². The van der Waals surface area contributed by atoms with Crippen LogP contribution in [0.3, 0.4) is 0 Å². The molecule has 2 rings (SSSR count). The van der Waals surface area contributed by atoms with Crippen molar-refractivity contribution in [2.75, 3.05) is 40.6 Å². The number of methoxy groups -OCH3 is 2. The van der Waals surface area contributed by atoms with Crippen molar-refractivity contribution in [3.63, 3.8) is 0 Å². The summed E-state index contributed by atoms with van der Waals surface area (Å²) >= 11 is 0. The van der Waals surface area contributed by atoms with Gasteiger partial charge in [-0.2, -0.15) is 0 Å². The number of hydrogen-bond acceptors (Lipinski definition) is 10. The first-order chi connectivity index (χ1) is 15.6. The number of carbonyl (C=O) groups excluding carboxylic acids is 2. The van der Waals surface area contributed by atoms with Crippen LogP contribution in [0.5, 0.6) is 11.5 Å². The normalized spacial score (nSPS) is 10.6. The number of benzene rings is 2. The zero-order chi connectivity index (χ0) is 23.2. The molecule has 10 heteroatoms. The summed E-state index contributed by atoms with van der Waals surface area (Å²) < 4.78 is 20.7. The van der Waals surface area contributed by atoms with Crippen LogP contribution in [-0.2, 0) is 29.0 Å². The Morgan fingerprint density at radius 2 is 1.28 bits per heavy atom. The van der Waals surface area contributed by atoms with E-state index in [0.717, 1.165) is 0 Å². The number of ether oxygens (including phenoxy) is 4. The molecule has 0 saturated heterocycles. The van der Waals surface area contributed by atoms with E-state index in [0.29, 0.717) is 24.7 Å². The monoisotopic (exact) mass is 450 g/mol. The van der Waals surface area contributed by atoms with Gasteiger partial charge in [-0.05, 0) is 43.3 Å². The van der Waals surface area contributed by atoms with Crippen molar-refractivity contribution >= 4 is 11.9 Å². The predicted molar refractivity (Wildman–Crippen MR) is 110 cm³/mol. The Labute approximate surface area is 185 Å². The van der Waals surface area contributed by atoms with E-state index >= 15 is 0 Å². The quantitative estimate of drug-likeness (QED) is 0.184. The minimum Gasteiger partial charge on any atom is -0.497 e. The molecule has 0 radical (unpaired) electrons. The molecule has 2 aromatic carbocycles. The number of carbonyl (C=O) groups is 2. The Bertz CT molecular complexity index is 791. The highest BCUT2D eigenvalue weighted by molar-refractivity contribution is 5.89. The van der Waals surface area contributed by atoms with Crippen LogP contribution in [0.1, 0.15) is 27.6 Å². The van der Waals surface area contributed by atoms with Crippen LogP contribution in [0, 0.1) is 0 Å². The second-order valence-electron chi connectivity index (χ2n) is 6.10. The number of hydrogen-bond donors (Lipinski definition) is 0. The van der Waals surface area contributed by atoms with Crippen LogP contribution in [0.15, 0.2) is 48.5 Å². The van der Waals surface area contributed by atoms with Gasteiger partial charge in [0, 0.05) is 6.61 Å². The van der Waals surface area contributed by atoms with Gasteiger partial charge in [0.2, 0.25) is 0 Å². The highest BCUT2D eigenvalue weighted by atomic mass is 17.3. The van der Waals surface area contributed by atoms with E-state index in [1.807, 2.05) is 6.92 Å². The molecule has 0 bridgehead atoms. The molecular formula is C22H26O10. The van der Waals surface area contributed by atoms with Crippen LogP contribution in [0.2, 0.25) is 0 Å². The van der Waals surface area contributed by atoms with Gasteiger partial charge in [-0.25, -0.2) is 9.59 Å². The van der Waals surface area contributed by atoms with Gasteiger partial charge < -0.3 is 18.9 Å². The van der Waals surface area contributed by atoms with Gasteiger partial charge in [0.25, 0.3) is 6.29 Å². The molecule has 0 aliphatic carbocycles. The lowest BCUT2D eigenvalue weighted by Gasteiger charge is -2.15. The fourth-order valence-electron chi connectivity index (χ4n) is 2.30. The van der Waals surface area contributed by atoms with Gasteiger partial charge in [-0.1, -0.05) is 12.1 Å². The molecule has 0 N–H and O–H groups in total. The molecular weight excluding hydrogens is 424 g/mol. The van der Waals surface area contributed by atoms with Gasteiger partial charge in [-0.15, -0.1) is 9.78 Å². The smallest absolute Gasteiger partial charge is 0.373 e. The van der Waals surface area contributed by atoms with Gasteiger partial charge in [0.1, 0.15) is 18.1 Å². The second kappa shape index (κ2) is 14.0. The van der Waals surface area contributed by atoms with Crippen molar-refractivity contribution < 1.29 is 48.1 Å². The summed E-state index contributed by atoms with van der Waals surface area (Å²) in [6.45, 7) is 2.76. The van der Waals surface area contributed by atoms with Gasteiger partial charge >= 0.3 is 11.9 Å². The predicted octanol–water partition coefficient (Wildman–Crippen LogP) is 2.96. The highest BCUT2D eigenvalue weighted by Gasteiger charge is 2.20. The minimum absolute atomic E-state index is 0.189. The third-order valence-corrected chi connectivity index (χ3v) is 3.90. The fourth-order valence-corrected chi connectivity index (χ4v) is 2.30. The van der Waals surface area contributed by atoms with Crippen molar-refractivity contribution in [1.29, 1.82) is 0 Å². The Kier molecular flexibility index (Phi) is 11.0. The van der Waals surface area contributed by atoms with Crippen molar-refractivity contribution in [1.82, 2.24) is 0 Å². The maximum Gasteiger partial charge on any atom is 0.373 e. The largest absolute Gasteiger partial charge is 0.497 e. The molecule has 0 atom stereocenters. The average molecular weight is 450 g/mol. The van der Waals surface area contributed by atoms with E-state index in [4.69, 9.17) is 38.5 Å². The molecule has 0 aromatic heterocycles. The summed E-state index contributed by atoms with van der Waals surface area (Å²) in [5.41, 5.74) is 0.377. The number of rotatable bonds is 14. The van der Waals surface area contributed by atoms with Gasteiger partial charge in [0.05, 0.1) is 38.6 Å². The van der Waals surface area contributed by atoms with Gasteiger partial charge in [0.15, 0.2) is 0 Å². The Balaban J connectivity index is 1.93. The molecule has 2 aromatic rings. The van der Waals surface area contributed by atoms with Crippen molar-refractivity contribution in [3.05, 3.63) is 59.7 Å². The van der Waals surface area contributed by atoms with Crippen molar-refractivity contribution in [3.8, 4) is 11.5 Å². The zero-order valence-corrected chi connectivity index (χ0v) is 18.1. The third kappa shape index (κ3) is 8.52. The molecule has 0 amide bonds. The minimum atomic E-state index is -1.35. The van der Waals surface area contributed by atoms with Crippen molar-refractivity contribution in [2.45, 2.75) is 13.2 Å². The molecule has 10 nitrogen and oxygen atoms in total. The van der Waals surface area contributed by atoms with Crippen molar-refractivity contribution in [2.24, 2.45) is 0 Å². The third-order valence-electron chi connectivity index (χ3n) is 3.90. The first-order valence-corrected chi connectivity index (χ1v) is 9.76. The van der Waals surface area contributed by atoms with Crippen LogP contribution in [0.25, 0.3) is 0 Å². The average Bonchev–Trinajstić information content (AvgIpc) is 2.84. The molecule has 0 aliphatic rings. The first-order valence-electron chi connectivity index (χ1n) is 9.76. The summed E-state index contributed by atoms with van der Waals surface area (Å²) in [5.74, 6) is -0.658. The maximum atomic E-state index is 12.2. The van der Waals surface area contributed by atoms with E-state index in [1.54, 1.807) is 24.3 Å². The molecule has 0 heterocycles. The fraction of sp³-hybridized carbons (Fsp3) is 0.364. The molecule has 0 aliphatic heterocycles. The zero-order valence-electron chi connectivity index (χ0n) is 18.1. The SMILES string of the molecule is CCOCCOCC(OOC(=O)c1cccc(OC)c1)OOC(=O)c1cccc(OC)c1. The summed E-state index contributed by atoms with van der Waals surface area (Å²) in [6.07, 6.45) is -1.35. The Morgan fingerprint density at radius 3 is 1.75 bits per heavy atom. The van der Waals surface area contributed by atoms with E-state index in [9.17, 15) is 9.59 Å². The van der Waals surface area contributed by atoms with E-state index < -0.39 is 18.2 Å². The summed E-state index contributed by atoms with van der Waals surface area (Å²) in [5, 5.41) is 0. The van der Waals surface area contributed by atoms with E-state index in [2.05, 4.69) is 0 Å². The molecule has 0 unspecified atom stereocenters. The molecule has 32 heavy (non-hydrogen) atoms. The van der Waals surface area contributed by atoms with E-state index in [1.165, 1.54) is 38.5 Å². The maximum absolute atomic E-state index is 12.2. The lowest BCUT2D eigenvalue weighted by Crippen LogP contribution is -2.27. The Morgan fingerprint density at radius 1 is 0.781 bits per heavy atom. The van der Waals surface area contributed by atoms with Crippen LogP contribution < -0.4 is 9.47 Å². The topological polar surface area (TPSA) is 108 Å². The highest BCUT2D eigenvalue weighted by Crippen LogP contribution is 2.15. The standard InChI is InChI=1S/C22H26O10/c1-4-27-11-12-28-15-20(29-31-21(23)16-7-5-9-18(13-16)25-2)30-32-22(24)17-8-6-10-19(14-17)26-3/h5-10,13-14,20H,4,11-12,15H2,1-3H3. The first kappa shape index (κ1) is 25.1. The molecule has 174 valence electrons. The lowest BCUT2D eigenvalue weighted by atomic mass is 10.2. The van der Waals surface area contributed by atoms with Crippen LogP contribution in [0.4, 0.5) is 0 Å². The summed E-state index contributed by atoms with van der Waals surface area (Å²) in [7, 11) is 2.95. The molecule has 0 fully saturated rings. The Hall–Kier alpha value is -3.18. The van der Waals surface area contributed by atoms with Gasteiger partial charge in [-0.3, -0.25) is 9.78 Å². The van der Waals surface area contributed by atoms with Crippen LogP contribution >= 0.6 is 0 Å². The van der Waals surface area contributed by atoms with Crippen LogP contribution in [-0.4, -0.2) is 58.9 Å². The second-order valence-corrected chi connectivity index (χ2v) is 6.10. The summed E-state index contributed by atoms with van der Waals surface area (Å²) in [6, 6.07) is 12.6. The summed E-state index contributed by atoms with van der Waals surface area (Å²) in [4.78, 5) is 44.0. The molecule has 0 spiro atoms.